The Morgan fingerprint density at radius 3 is 2.70 bits per heavy atom. The number of thioether (sulfide) groups is 1. The lowest BCUT2D eigenvalue weighted by Crippen LogP contribution is -2.15. The molecule has 0 saturated heterocycles. The maximum atomic E-state index is 12.4. The second-order valence-corrected chi connectivity index (χ2v) is 7.62. The molecule has 5 nitrogen and oxygen atoms in total. The molecule has 0 aliphatic heterocycles. The lowest BCUT2D eigenvalue weighted by Gasteiger charge is -2.09. The molecule has 4 aromatic rings. The number of hydrogen-bond acceptors (Lipinski definition) is 4. The fourth-order valence-electron chi connectivity index (χ4n) is 3.16. The summed E-state index contributed by atoms with van der Waals surface area (Å²) < 4.78 is 2.01. The van der Waals surface area contributed by atoms with Crippen LogP contribution in [0.3, 0.4) is 0 Å². The summed E-state index contributed by atoms with van der Waals surface area (Å²) in [4.78, 5) is 12.4. The maximum Gasteiger partial charge on any atom is 0.234 e. The first-order valence-electron chi connectivity index (χ1n) is 8.76. The highest BCUT2D eigenvalue weighted by molar-refractivity contribution is 7.99. The van der Waals surface area contributed by atoms with Gasteiger partial charge in [-0.1, -0.05) is 42.1 Å². The summed E-state index contributed by atoms with van der Waals surface area (Å²) in [6.07, 6.45) is 0. The molecular formula is C21H20N4OS. The Morgan fingerprint density at radius 2 is 1.85 bits per heavy atom. The van der Waals surface area contributed by atoms with E-state index in [2.05, 4.69) is 34.6 Å². The Hall–Kier alpha value is -2.86. The Labute approximate surface area is 161 Å². The number of carbonyl (C=O) groups excluding carboxylic acids is 1. The van der Waals surface area contributed by atoms with Crippen molar-refractivity contribution in [2.24, 2.45) is 0 Å². The Morgan fingerprint density at radius 1 is 1.04 bits per heavy atom. The molecule has 1 amide bonds. The summed E-state index contributed by atoms with van der Waals surface area (Å²) in [5.41, 5.74) is 6.03. The molecule has 1 N–H and O–H groups in total. The molecule has 0 spiro atoms. The number of aromatic nitrogens is 3. The highest BCUT2D eigenvalue weighted by atomic mass is 32.2. The van der Waals surface area contributed by atoms with Crippen molar-refractivity contribution in [2.45, 2.75) is 25.9 Å². The highest BCUT2D eigenvalue weighted by Gasteiger charge is 2.13. The number of para-hydroxylation sites is 1. The number of amides is 1. The van der Waals surface area contributed by atoms with Gasteiger partial charge in [0, 0.05) is 11.1 Å². The predicted molar refractivity (Wildman–Crippen MR) is 110 cm³/mol. The molecule has 4 rings (SSSR count). The molecule has 6 heteroatoms. The Bertz CT molecular complexity index is 1170. The zero-order valence-corrected chi connectivity index (χ0v) is 16.3. The first kappa shape index (κ1) is 17.5. The Balaban J connectivity index is 1.58. The molecule has 0 radical (unpaired) electrons. The molecule has 0 unspecified atom stereocenters. The normalized spacial score (nSPS) is 11.2. The quantitative estimate of drug-likeness (QED) is 0.531. The van der Waals surface area contributed by atoms with Crippen LogP contribution in [0.15, 0.2) is 53.7 Å². The molecule has 0 bridgehead atoms. The molecule has 136 valence electrons. The summed E-state index contributed by atoms with van der Waals surface area (Å²) in [5.74, 6) is 0.220. The topological polar surface area (TPSA) is 59.3 Å². The third-order valence-corrected chi connectivity index (χ3v) is 5.50. The van der Waals surface area contributed by atoms with Crippen LogP contribution in [-0.2, 0) is 4.79 Å². The molecule has 27 heavy (non-hydrogen) atoms. The van der Waals surface area contributed by atoms with E-state index < -0.39 is 0 Å². The van der Waals surface area contributed by atoms with Gasteiger partial charge >= 0.3 is 0 Å². The number of pyridine rings is 1. The van der Waals surface area contributed by atoms with E-state index in [4.69, 9.17) is 0 Å². The SMILES string of the molecule is Cc1ccc(C)c(NC(=O)CSc2nnc3cc(C)c4ccccc4n23)c1. The lowest BCUT2D eigenvalue weighted by atomic mass is 10.1. The third-order valence-electron chi connectivity index (χ3n) is 4.57. The first-order chi connectivity index (χ1) is 13.0. The van der Waals surface area contributed by atoms with Gasteiger partial charge in [-0.25, -0.2) is 0 Å². The fraction of sp³-hybridized carbons (Fsp3) is 0.190. The van der Waals surface area contributed by atoms with Crippen LogP contribution in [0.1, 0.15) is 16.7 Å². The van der Waals surface area contributed by atoms with Gasteiger partial charge in [-0.05, 0) is 55.7 Å². The van der Waals surface area contributed by atoms with Gasteiger partial charge in [-0.3, -0.25) is 9.20 Å². The summed E-state index contributed by atoms with van der Waals surface area (Å²) in [6.45, 7) is 6.07. The number of hydrogen-bond donors (Lipinski definition) is 1. The van der Waals surface area contributed by atoms with Gasteiger partial charge in [0.15, 0.2) is 10.8 Å². The first-order valence-corrected chi connectivity index (χ1v) is 9.75. The van der Waals surface area contributed by atoms with Crippen molar-refractivity contribution in [3.05, 3.63) is 65.2 Å². The van der Waals surface area contributed by atoms with Crippen molar-refractivity contribution < 1.29 is 4.79 Å². The Kier molecular flexibility index (Phi) is 4.58. The van der Waals surface area contributed by atoms with Crippen molar-refractivity contribution in [1.82, 2.24) is 14.6 Å². The second kappa shape index (κ2) is 7.04. The zero-order valence-electron chi connectivity index (χ0n) is 15.5. The van der Waals surface area contributed by atoms with E-state index >= 15 is 0 Å². The molecule has 2 heterocycles. The minimum atomic E-state index is -0.0538. The highest BCUT2D eigenvalue weighted by Crippen LogP contribution is 2.26. The van der Waals surface area contributed by atoms with Gasteiger partial charge in [0.2, 0.25) is 5.91 Å². The molecule has 0 aliphatic rings. The van der Waals surface area contributed by atoms with Gasteiger partial charge in [0.1, 0.15) is 0 Å². The predicted octanol–water partition coefficient (Wildman–Crippen LogP) is 4.54. The van der Waals surface area contributed by atoms with Crippen LogP contribution in [-0.4, -0.2) is 26.3 Å². The van der Waals surface area contributed by atoms with Crippen LogP contribution in [0.5, 0.6) is 0 Å². The molecule has 2 aromatic heterocycles. The number of aryl methyl sites for hydroxylation is 3. The molecule has 0 saturated carbocycles. The summed E-state index contributed by atoms with van der Waals surface area (Å²) >= 11 is 1.39. The summed E-state index contributed by atoms with van der Waals surface area (Å²) in [6, 6.07) is 16.2. The molecule has 0 fully saturated rings. The van der Waals surface area contributed by atoms with Crippen molar-refractivity contribution in [3.63, 3.8) is 0 Å². The van der Waals surface area contributed by atoms with E-state index in [1.807, 2.05) is 54.6 Å². The average molecular weight is 376 g/mol. The van der Waals surface area contributed by atoms with E-state index in [0.29, 0.717) is 0 Å². The third kappa shape index (κ3) is 3.40. The van der Waals surface area contributed by atoms with Crippen LogP contribution in [0.4, 0.5) is 5.69 Å². The maximum absolute atomic E-state index is 12.4. The smallest absolute Gasteiger partial charge is 0.234 e. The summed E-state index contributed by atoms with van der Waals surface area (Å²) in [5, 5.41) is 13.4. The van der Waals surface area contributed by atoms with Gasteiger partial charge in [-0.15, -0.1) is 10.2 Å². The number of nitrogens with zero attached hydrogens (tertiary/aromatic N) is 3. The zero-order chi connectivity index (χ0) is 19.0. The largest absolute Gasteiger partial charge is 0.325 e. The van der Waals surface area contributed by atoms with Crippen molar-refractivity contribution in [3.8, 4) is 0 Å². The molecule has 0 aliphatic carbocycles. The van der Waals surface area contributed by atoms with E-state index in [9.17, 15) is 4.79 Å². The van der Waals surface area contributed by atoms with Gasteiger partial charge < -0.3 is 5.32 Å². The van der Waals surface area contributed by atoms with E-state index in [1.165, 1.54) is 11.8 Å². The number of anilines is 1. The monoisotopic (exact) mass is 376 g/mol. The van der Waals surface area contributed by atoms with Crippen molar-refractivity contribution >= 4 is 39.9 Å². The van der Waals surface area contributed by atoms with Gasteiger partial charge in [0.05, 0.1) is 11.3 Å². The minimum absolute atomic E-state index is 0.0538. The minimum Gasteiger partial charge on any atom is -0.325 e. The van der Waals surface area contributed by atoms with Crippen LogP contribution in [0.2, 0.25) is 0 Å². The molecule has 2 aromatic carbocycles. The molecule has 0 atom stereocenters. The van der Waals surface area contributed by atoms with Crippen molar-refractivity contribution in [2.75, 3.05) is 11.1 Å². The number of fused-ring (bicyclic) bond motifs is 3. The van der Waals surface area contributed by atoms with E-state index in [-0.39, 0.29) is 11.7 Å². The van der Waals surface area contributed by atoms with Crippen LogP contribution < -0.4 is 5.32 Å². The van der Waals surface area contributed by atoms with Crippen LogP contribution in [0.25, 0.3) is 16.6 Å². The van der Waals surface area contributed by atoms with Crippen molar-refractivity contribution in [1.29, 1.82) is 0 Å². The van der Waals surface area contributed by atoms with Gasteiger partial charge in [-0.2, -0.15) is 0 Å². The van der Waals surface area contributed by atoms with Crippen LogP contribution in [0, 0.1) is 20.8 Å². The van der Waals surface area contributed by atoms with Gasteiger partial charge in [0.25, 0.3) is 0 Å². The number of nitrogens with one attached hydrogen (secondary N) is 1. The van der Waals surface area contributed by atoms with Crippen LogP contribution >= 0.6 is 11.8 Å². The number of benzene rings is 2. The number of carbonyl (C=O) groups is 1. The average Bonchev–Trinajstić information content (AvgIpc) is 3.06. The lowest BCUT2D eigenvalue weighted by molar-refractivity contribution is -0.113. The fourth-order valence-corrected chi connectivity index (χ4v) is 3.91. The number of rotatable bonds is 4. The second-order valence-electron chi connectivity index (χ2n) is 6.68. The standard InChI is InChI=1S/C21H20N4OS/c1-13-8-9-14(2)17(10-13)22-20(26)12-27-21-24-23-19-11-15(3)16-6-4-5-7-18(16)25(19)21/h4-11H,12H2,1-3H3,(H,22,26). The van der Waals surface area contributed by atoms with E-state index in [0.717, 1.165) is 44.1 Å². The molecular weight excluding hydrogens is 356 g/mol. The van der Waals surface area contributed by atoms with E-state index in [1.54, 1.807) is 0 Å². The summed E-state index contributed by atoms with van der Waals surface area (Å²) in [7, 11) is 0.